The zero-order chi connectivity index (χ0) is 22.4. The number of benzene rings is 2. The lowest BCUT2D eigenvalue weighted by Crippen LogP contribution is -2.38. The molecule has 0 bridgehead atoms. The summed E-state index contributed by atoms with van der Waals surface area (Å²) in [5.74, 6) is 1.47. The second-order valence-electron chi connectivity index (χ2n) is 8.17. The number of hydrogen-bond donors (Lipinski definition) is 1. The number of hydrogen-bond acceptors (Lipinski definition) is 5. The van der Waals surface area contributed by atoms with Crippen LogP contribution in [0.5, 0.6) is 11.6 Å². The summed E-state index contributed by atoms with van der Waals surface area (Å²) < 4.78 is 13.4. The Kier molecular flexibility index (Phi) is 7.85. The van der Waals surface area contributed by atoms with E-state index in [4.69, 9.17) is 14.6 Å². The van der Waals surface area contributed by atoms with Gasteiger partial charge in [-0.2, -0.15) is 5.10 Å². The van der Waals surface area contributed by atoms with E-state index < -0.39 is 6.10 Å². The van der Waals surface area contributed by atoms with Crippen LogP contribution in [0.3, 0.4) is 0 Å². The first-order valence-corrected chi connectivity index (χ1v) is 10.7. The minimum Gasteiger partial charge on any atom is -0.439 e. The monoisotopic (exact) mass is 423 g/mol. The number of aliphatic hydroxyl groups excluding tert-OH is 1. The number of aromatic nitrogens is 2. The van der Waals surface area contributed by atoms with E-state index in [9.17, 15) is 5.11 Å². The Bertz CT molecular complexity index is 969. The first kappa shape index (κ1) is 23.0. The molecule has 3 rings (SSSR count). The minimum absolute atomic E-state index is 0.234. The highest BCUT2D eigenvalue weighted by molar-refractivity contribution is 5.43. The van der Waals surface area contributed by atoms with E-state index in [1.54, 1.807) is 7.11 Å². The molecule has 0 amide bonds. The van der Waals surface area contributed by atoms with Gasteiger partial charge in [-0.05, 0) is 57.5 Å². The fourth-order valence-electron chi connectivity index (χ4n) is 3.54. The zero-order valence-corrected chi connectivity index (χ0v) is 19.1. The molecule has 3 aromatic rings. The molecule has 0 saturated carbocycles. The molecule has 1 N–H and O–H groups in total. The lowest BCUT2D eigenvalue weighted by atomic mass is 10.2. The average molecular weight is 424 g/mol. The largest absolute Gasteiger partial charge is 0.439 e. The van der Waals surface area contributed by atoms with Crippen molar-refractivity contribution in [3.05, 3.63) is 71.4 Å². The molecular weight excluding hydrogens is 390 g/mol. The Morgan fingerprint density at radius 2 is 1.81 bits per heavy atom. The van der Waals surface area contributed by atoms with Gasteiger partial charge in [0.15, 0.2) is 0 Å². The summed E-state index contributed by atoms with van der Waals surface area (Å²) in [6.45, 7) is 9.71. The average Bonchev–Trinajstić information content (AvgIpc) is 3.03. The van der Waals surface area contributed by atoms with Crippen molar-refractivity contribution >= 4 is 0 Å². The molecule has 31 heavy (non-hydrogen) atoms. The van der Waals surface area contributed by atoms with E-state index >= 15 is 0 Å². The lowest BCUT2D eigenvalue weighted by Gasteiger charge is -2.28. The molecule has 6 nitrogen and oxygen atoms in total. The SMILES string of the molecule is COC[C@H](O)CN(Cc1c(C)nn(-c2ccccc2)c1Oc1cccc(C)c1)C(C)C. The molecule has 0 unspecified atom stereocenters. The van der Waals surface area contributed by atoms with E-state index in [0.29, 0.717) is 25.6 Å². The first-order chi connectivity index (χ1) is 14.9. The molecular formula is C25H33N3O3. The van der Waals surface area contributed by atoms with Gasteiger partial charge < -0.3 is 14.6 Å². The van der Waals surface area contributed by atoms with Gasteiger partial charge in [0.05, 0.1) is 29.7 Å². The van der Waals surface area contributed by atoms with E-state index in [1.165, 1.54) is 0 Å². The maximum absolute atomic E-state index is 10.3. The second kappa shape index (κ2) is 10.6. The summed E-state index contributed by atoms with van der Waals surface area (Å²) in [7, 11) is 1.60. The molecule has 1 aromatic heterocycles. The second-order valence-corrected chi connectivity index (χ2v) is 8.17. The van der Waals surface area contributed by atoms with Crippen molar-refractivity contribution in [1.29, 1.82) is 0 Å². The fourth-order valence-corrected chi connectivity index (χ4v) is 3.54. The number of nitrogens with zero attached hydrogens (tertiary/aromatic N) is 3. The molecule has 166 valence electrons. The minimum atomic E-state index is -0.557. The molecule has 0 fully saturated rings. The van der Waals surface area contributed by atoms with Crippen molar-refractivity contribution in [2.45, 2.75) is 46.4 Å². The summed E-state index contributed by atoms with van der Waals surface area (Å²) in [5.41, 5.74) is 3.98. The summed E-state index contributed by atoms with van der Waals surface area (Å²) >= 11 is 0. The van der Waals surface area contributed by atoms with Crippen LogP contribution in [0.15, 0.2) is 54.6 Å². The fraction of sp³-hybridized carbons (Fsp3) is 0.400. The van der Waals surface area contributed by atoms with Crippen molar-refractivity contribution in [2.24, 2.45) is 0 Å². The molecule has 0 saturated heterocycles. The smallest absolute Gasteiger partial charge is 0.227 e. The van der Waals surface area contributed by atoms with Gasteiger partial charge in [0.2, 0.25) is 5.88 Å². The predicted octanol–water partition coefficient (Wildman–Crippen LogP) is 4.50. The Balaban J connectivity index is 2.01. The van der Waals surface area contributed by atoms with Crippen LogP contribution >= 0.6 is 0 Å². The van der Waals surface area contributed by atoms with Gasteiger partial charge in [0.25, 0.3) is 0 Å². The van der Waals surface area contributed by atoms with Crippen LogP contribution < -0.4 is 4.74 Å². The van der Waals surface area contributed by atoms with Crippen molar-refractivity contribution in [2.75, 3.05) is 20.3 Å². The van der Waals surface area contributed by atoms with Crippen LogP contribution in [0.1, 0.15) is 30.7 Å². The molecule has 0 radical (unpaired) electrons. The zero-order valence-electron chi connectivity index (χ0n) is 19.1. The van der Waals surface area contributed by atoms with Crippen LogP contribution in [0.25, 0.3) is 5.69 Å². The topological polar surface area (TPSA) is 59.8 Å². The van der Waals surface area contributed by atoms with Crippen LogP contribution in [0, 0.1) is 13.8 Å². The number of methoxy groups -OCH3 is 1. The van der Waals surface area contributed by atoms with Crippen molar-refractivity contribution < 1.29 is 14.6 Å². The molecule has 0 spiro atoms. The third-order valence-corrected chi connectivity index (χ3v) is 5.24. The molecule has 0 aliphatic carbocycles. The lowest BCUT2D eigenvalue weighted by molar-refractivity contribution is 0.0277. The van der Waals surface area contributed by atoms with Gasteiger partial charge >= 0.3 is 0 Å². The molecule has 6 heteroatoms. The Labute approximate surface area is 185 Å². The van der Waals surface area contributed by atoms with E-state index in [-0.39, 0.29) is 6.04 Å². The van der Waals surface area contributed by atoms with Crippen LogP contribution in [-0.2, 0) is 11.3 Å². The molecule has 1 heterocycles. The highest BCUT2D eigenvalue weighted by Gasteiger charge is 2.23. The number of para-hydroxylation sites is 1. The summed E-state index contributed by atoms with van der Waals surface area (Å²) in [4.78, 5) is 2.21. The van der Waals surface area contributed by atoms with E-state index in [1.807, 2.05) is 73.1 Å². The first-order valence-electron chi connectivity index (χ1n) is 10.7. The maximum Gasteiger partial charge on any atom is 0.227 e. The maximum atomic E-state index is 10.3. The molecule has 2 aromatic carbocycles. The molecule has 0 aliphatic heterocycles. The van der Waals surface area contributed by atoms with Crippen molar-refractivity contribution in [3.63, 3.8) is 0 Å². The van der Waals surface area contributed by atoms with Gasteiger partial charge in [-0.25, -0.2) is 4.68 Å². The molecule has 1 atom stereocenters. The number of rotatable bonds is 10. The van der Waals surface area contributed by atoms with Gasteiger partial charge in [0, 0.05) is 26.2 Å². The number of aryl methyl sites for hydroxylation is 2. The summed E-state index contributed by atoms with van der Waals surface area (Å²) in [6, 6.07) is 18.2. The third-order valence-electron chi connectivity index (χ3n) is 5.24. The highest BCUT2D eigenvalue weighted by atomic mass is 16.5. The third kappa shape index (κ3) is 5.94. The van der Waals surface area contributed by atoms with Gasteiger partial charge in [-0.1, -0.05) is 30.3 Å². The summed E-state index contributed by atoms with van der Waals surface area (Å²) in [6.07, 6.45) is -0.557. The van der Waals surface area contributed by atoms with Gasteiger partial charge in [-0.15, -0.1) is 0 Å². The summed E-state index contributed by atoms with van der Waals surface area (Å²) in [5, 5.41) is 15.1. The van der Waals surface area contributed by atoms with E-state index in [0.717, 1.165) is 28.3 Å². The highest BCUT2D eigenvalue weighted by Crippen LogP contribution is 2.32. The van der Waals surface area contributed by atoms with E-state index in [2.05, 4.69) is 18.7 Å². The Morgan fingerprint density at radius 1 is 1.06 bits per heavy atom. The Hall–Kier alpha value is -2.67. The van der Waals surface area contributed by atoms with Gasteiger partial charge in [0.1, 0.15) is 5.75 Å². The van der Waals surface area contributed by atoms with Crippen molar-refractivity contribution in [3.8, 4) is 17.3 Å². The van der Waals surface area contributed by atoms with Crippen LogP contribution in [-0.4, -0.2) is 52.2 Å². The van der Waals surface area contributed by atoms with Crippen LogP contribution in [0.2, 0.25) is 0 Å². The number of ether oxygens (including phenoxy) is 2. The van der Waals surface area contributed by atoms with Crippen molar-refractivity contribution in [1.82, 2.24) is 14.7 Å². The molecule has 0 aliphatic rings. The Morgan fingerprint density at radius 3 is 2.45 bits per heavy atom. The van der Waals surface area contributed by atoms with Crippen LogP contribution in [0.4, 0.5) is 0 Å². The predicted molar refractivity (Wildman–Crippen MR) is 123 cm³/mol. The number of aliphatic hydroxyl groups is 1. The normalized spacial score (nSPS) is 12.5. The van der Waals surface area contributed by atoms with Gasteiger partial charge in [-0.3, -0.25) is 4.90 Å². The quantitative estimate of drug-likeness (QED) is 0.520. The standard InChI is InChI=1S/C25H33N3O3/c1-18(2)27(15-22(29)17-30-5)16-24-20(4)26-28(21-11-7-6-8-12-21)25(24)31-23-13-9-10-19(3)14-23/h6-14,18,22,29H,15-17H2,1-5H3/t22-/m1/s1.